The lowest BCUT2D eigenvalue weighted by Gasteiger charge is -2.27. The standard InChI is InChI=1S/C22H26/c1-3-13-22(2)15-18(22)14-17-8-6-10-21-19-9-5-4-7-16(19)11-12-20(17)21/h3,6-10,13,18H,4-5,11-12,14-15H2,1-2H3/b13-3-. The molecule has 0 aliphatic heterocycles. The molecule has 0 bridgehead atoms. The van der Waals surface area contributed by atoms with Crippen LogP contribution >= 0.6 is 0 Å². The highest BCUT2D eigenvalue weighted by atomic mass is 14.5. The summed E-state index contributed by atoms with van der Waals surface area (Å²) in [6, 6.07) is 7.01. The first-order chi connectivity index (χ1) is 10.7. The first-order valence-corrected chi connectivity index (χ1v) is 8.86. The normalized spacial score (nSPS) is 29.6. The summed E-state index contributed by atoms with van der Waals surface area (Å²) >= 11 is 0. The van der Waals surface area contributed by atoms with E-state index in [-0.39, 0.29) is 0 Å². The van der Waals surface area contributed by atoms with Crippen molar-refractivity contribution in [2.24, 2.45) is 11.3 Å². The van der Waals surface area contributed by atoms with Crippen molar-refractivity contribution in [2.75, 3.05) is 0 Å². The van der Waals surface area contributed by atoms with E-state index in [0.717, 1.165) is 5.92 Å². The van der Waals surface area contributed by atoms with Gasteiger partial charge in [-0.25, -0.2) is 0 Å². The summed E-state index contributed by atoms with van der Waals surface area (Å²) < 4.78 is 0. The zero-order valence-electron chi connectivity index (χ0n) is 13.9. The number of rotatable bonds is 3. The van der Waals surface area contributed by atoms with Crippen LogP contribution in [0.5, 0.6) is 0 Å². The Kier molecular flexibility index (Phi) is 3.36. The molecule has 0 saturated heterocycles. The fourth-order valence-electron chi connectivity index (χ4n) is 4.51. The third-order valence-electron chi connectivity index (χ3n) is 5.93. The van der Waals surface area contributed by atoms with Crippen LogP contribution in [0.2, 0.25) is 0 Å². The van der Waals surface area contributed by atoms with Gasteiger partial charge in [0.1, 0.15) is 0 Å². The van der Waals surface area contributed by atoms with Crippen molar-refractivity contribution in [3.63, 3.8) is 0 Å². The summed E-state index contributed by atoms with van der Waals surface area (Å²) in [4.78, 5) is 0. The van der Waals surface area contributed by atoms with Gasteiger partial charge in [-0.3, -0.25) is 0 Å². The van der Waals surface area contributed by atoms with Crippen molar-refractivity contribution < 1.29 is 0 Å². The van der Waals surface area contributed by atoms with E-state index in [1.54, 1.807) is 22.3 Å². The summed E-state index contributed by atoms with van der Waals surface area (Å²) in [5, 5.41) is 0. The van der Waals surface area contributed by atoms with Gasteiger partial charge in [-0.05, 0) is 84.6 Å². The largest absolute Gasteiger partial charge is 0.0911 e. The minimum absolute atomic E-state index is 0.460. The van der Waals surface area contributed by atoms with Gasteiger partial charge in [-0.2, -0.15) is 0 Å². The maximum absolute atomic E-state index is 2.47. The van der Waals surface area contributed by atoms with Gasteiger partial charge in [0, 0.05) is 0 Å². The molecule has 1 aromatic carbocycles. The summed E-state index contributed by atoms with van der Waals surface area (Å²) in [7, 11) is 0. The van der Waals surface area contributed by atoms with Crippen LogP contribution in [0.1, 0.15) is 56.2 Å². The second-order valence-electron chi connectivity index (χ2n) is 7.48. The minimum Gasteiger partial charge on any atom is -0.0911 e. The van der Waals surface area contributed by atoms with E-state index in [4.69, 9.17) is 0 Å². The maximum atomic E-state index is 2.47. The second-order valence-corrected chi connectivity index (χ2v) is 7.48. The molecule has 0 heterocycles. The molecule has 0 aromatic heterocycles. The van der Waals surface area contributed by atoms with Gasteiger partial charge in [0.25, 0.3) is 0 Å². The number of fused-ring (bicyclic) bond motifs is 3. The first kappa shape index (κ1) is 14.1. The van der Waals surface area contributed by atoms with Crippen molar-refractivity contribution in [1.82, 2.24) is 0 Å². The number of benzene rings is 1. The van der Waals surface area contributed by atoms with Gasteiger partial charge in [0.05, 0.1) is 0 Å². The fraction of sp³-hybridized carbons (Fsp3) is 0.455. The van der Waals surface area contributed by atoms with Crippen LogP contribution < -0.4 is 0 Å². The van der Waals surface area contributed by atoms with E-state index in [2.05, 4.69) is 56.4 Å². The molecule has 0 nitrogen and oxygen atoms in total. The highest BCUT2D eigenvalue weighted by Gasteiger charge is 2.47. The van der Waals surface area contributed by atoms with Crippen molar-refractivity contribution >= 4 is 5.57 Å². The summed E-state index contributed by atoms with van der Waals surface area (Å²) in [5.41, 5.74) is 8.38. The minimum atomic E-state index is 0.460. The fourth-order valence-corrected chi connectivity index (χ4v) is 4.51. The molecule has 1 saturated carbocycles. The van der Waals surface area contributed by atoms with Gasteiger partial charge in [0.2, 0.25) is 0 Å². The molecule has 2 unspecified atom stereocenters. The molecule has 1 fully saturated rings. The Balaban J connectivity index is 1.64. The van der Waals surface area contributed by atoms with E-state index in [1.165, 1.54) is 44.1 Å². The zero-order chi connectivity index (χ0) is 15.2. The summed E-state index contributed by atoms with van der Waals surface area (Å²) in [6.45, 7) is 4.56. The zero-order valence-corrected chi connectivity index (χ0v) is 13.9. The van der Waals surface area contributed by atoms with E-state index in [1.807, 2.05) is 0 Å². The van der Waals surface area contributed by atoms with E-state index in [9.17, 15) is 0 Å². The predicted molar refractivity (Wildman–Crippen MR) is 94.8 cm³/mol. The highest BCUT2D eigenvalue weighted by Crippen LogP contribution is 2.55. The van der Waals surface area contributed by atoms with Gasteiger partial charge in [-0.1, -0.05) is 49.4 Å². The van der Waals surface area contributed by atoms with E-state index >= 15 is 0 Å². The SMILES string of the molecule is C/C=C\C1(C)CC1Cc1cccc2c1CCC1=CCCC=C12. The van der Waals surface area contributed by atoms with Gasteiger partial charge in [-0.15, -0.1) is 0 Å². The van der Waals surface area contributed by atoms with Crippen LogP contribution in [0.15, 0.2) is 48.1 Å². The number of hydrogen-bond acceptors (Lipinski definition) is 0. The molecule has 2 atom stereocenters. The van der Waals surface area contributed by atoms with Crippen LogP contribution in [-0.2, 0) is 12.8 Å². The van der Waals surface area contributed by atoms with Gasteiger partial charge < -0.3 is 0 Å². The molecule has 4 rings (SSSR count). The van der Waals surface area contributed by atoms with Crippen LogP contribution in [0.4, 0.5) is 0 Å². The van der Waals surface area contributed by atoms with Crippen molar-refractivity contribution in [3.05, 3.63) is 64.8 Å². The quantitative estimate of drug-likeness (QED) is 0.610. The molecule has 3 aliphatic carbocycles. The second kappa shape index (κ2) is 5.26. The maximum Gasteiger partial charge on any atom is -0.0112 e. The molecule has 0 heteroatoms. The van der Waals surface area contributed by atoms with E-state index < -0.39 is 0 Å². The molecular formula is C22H26. The Morgan fingerprint density at radius 3 is 2.91 bits per heavy atom. The lowest BCUT2D eigenvalue weighted by atomic mass is 9.78. The Hall–Kier alpha value is -1.56. The average molecular weight is 290 g/mol. The first-order valence-electron chi connectivity index (χ1n) is 8.86. The molecule has 1 aromatic rings. The number of hydrogen-bond donors (Lipinski definition) is 0. The molecule has 0 spiro atoms. The van der Waals surface area contributed by atoms with Crippen LogP contribution in [0, 0.1) is 11.3 Å². The van der Waals surface area contributed by atoms with Crippen molar-refractivity contribution in [1.29, 1.82) is 0 Å². The highest BCUT2D eigenvalue weighted by molar-refractivity contribution is 5.83. The predicted octanol–water partition coefficient (Wildman–Crippen LogP) is 5.88. The van der Waals surface area contributed by atoms with Crippen molar-refractivity contribution in [3.8, 4) is 0 Å². The van der Waals surface area contributed by atoms with Crippen molar-refractivity contribution in [2.45, 2.75) is 52.4 Å². The Morgan fingerprint density at radius 2 is 2.05 bits per heavy atom. The molecular weight excluding hydrogens is 264 g/mol. The Morgan fingerprint density at radius 1 is 1.18 bits per heavy atom. The Labute approximate surface area is 134 Å². The third kappa shape index (κ3) is 2.29. The van der Waals surface area contributed by atoms with Crippen LogP contribution in [-0.4, -0.2) is 0 Å². The third-order valence-corrected chi connectivity index (χ3v) is 5.93. The topological polar surface area (TPSA) is 0 Å². The summed E-state index contributed by atoms with van der Waals surface area (Å²) in [6.07, 6.45) is 17.1. The smallest absolute Gasteiger partial charge is 0.0112 e. The lowest BCUT2D eigenvalue weighted by molar-refractivity contribution is 0.619. The molecule has 0 radical (unpaired) electrons. The van der Waals surface area contributed by atoms with E-state index in [0.29, 0.717) is 5.41 Å². The number of allylic oxidation sites excluding steroid dienone is 6. The van der Waals surface area contributed by atoms with Crippen LogP contribution in [0.25, 0.3) is 5.57 Å². The summed E-state index contributed by atoms with van der Waals surface area (Å²) in [5.74, 6) is 0.840. The van der Waals surface area contributed by atoms with Crippen LogP contribution in [0.3, 0.4) is 0 Å². The molecule has 0 amide bonds. The monoisotopic (exact) mass is 290 g/mol. The molecule has 22 heavy (non-hydrogen) atoms. The molecule has 114 valence electrons. The van der Waals surface area contributed by atoms with Gasteiger partial charge >= 0.3 is 0 Å². The van der Waals surface area contributed by atoms with Gasteiger partial charge in [0.15, 0.2) is 0 Å². The molecule has 0 N–H and O–H groups in total. The average Bonchev–Trinajstić information content (AvgIpc) is 3.17. The lowest BCUT2D eigenvalue weighted by Crippen LogP contribution is -2.10. The molecule has 3 aliphatic rings. The Bertz CT molecular complexity index is 686.